The second-order valence-corrected chi connectivity index (χ2v) is 3.90. The Morgan fingerprint density at radius 1 is 1.50 bits per heavy atom. The summed E-state index contributed by atoms with van der Waals surface area (Å²) < 4.78 is 5.03. The van der Waals surface area contributed by atoms with Gasteiger partial charge in [-0.25, -0.2) is 4.79 Å². The number of hydrogen-bond donors (Lipinski definition) is 3. The molecule has 0 aliphatic heterocycles. The number of carboxylic acids is 1. The fourth-order valence-corrected chi connectivity index (χ4v) is 1.54. The van der Waals surface area contributed by atoms with Crippen LogP contribution in [0.15, 0.2) is 28.8 Å². The number of nitrogens with two attached hydrogens (primary N) is 1. The second-order valence-electron chi connectivity index (χ2n) is 3.90. The lowest BCUT2D eigenvalue weighted by Gasteiger charge is -2.06. The van der Waals surface area contributed by atoms with E-state index in [2.05, 4.69) is 10.5 Å². The Morgan fingerprint density at radius 2 is 2.28 bits per heavy atom. The largest absolute Gasteiger partial charge is 0.478 e. The van der Waals surface area contributed by atoms with Gasteiger partial charge in [0.2, 0.25) is 0 Å². The standard InChI is InChI=1S/C12H13N3O3/c1-7-4-9(18-15-7)6-14-8-2-3-11(13)10(5-8)12(16)17/h2-5,14H,6,13H2,1H3,(H,16,17). The van der Waals surface area contributed by atoms with Crippen LogP contribution >= 0.6 is 0 Å². The summed E-state index contributed by atoms with van der Waals surface area (Å²) in [6.07, 6.45) is 0. The van der Waals surface area contributed by atoms with Crippen LogP contribution in [0.2, 0.25) is 0 Å². The van der Waals surface area contributed by atoms with Gasteiger partial charge in [-0.15, -0.1) is 0 Å². The minimum Gasteiger partial charge on any atom is -0.478 e. The summed E-state index contributed by atoms with van der Waals surface area (Å²) in [5, 5.41) is 15.7. The number of rotatable bonds is 4. The van der Waals surface area contributed by atoms with Crippen LogP contribution in [-0.4, -0.2) is 16.2 Å². The lowest BCUT2D eigenvalue weighted by Crippen LogP contribution is -2.05. The molecule has 0 saturated heterocycles. The van der Waals surface area contributed by atoms with E-state index in [0.717, 1.165) is 5.69 Å². The van der Waals surface area contributed by atoms with Crippen molar-refractivity contribution in [1.82, 2.24) is 5.16 Å². The highest BCUT2D eigenvalue weighted by Gasteiger charge is 2.08. The van der Waals surface area contributed by atoms with Gasteiger partial charge in [0.25, 0.3) is 0 Å². The molecule has 0 atom stereocenters. The number of aromatic nitrogens is 1. The van der Waals surface area contributed by atoms with E-state index >= 15 is 0 Å². The van der Waals surface area contributed by atoms with Crippen molar-refractivity contribution in [3.63, 3.8) is 0 Å². The number of nitrogen functional groups attached to an aromatic ring is 1. The number of carbonyl (C=O) groups is 1. The number of aryl methyl sites for hydroxylation is 1. The summed E-state index contributed by atoms with van der Waals surface area (Å²) in [5.41, 5.74) is 7.34. The molecule has 1 aromatic heterocycles. The topological polar surface area (TPSA) is 101 Å². The van der Waals surface area contributed by atoms with Crippen LogP contribution < -0.4 is 11.1 Å². The van der Waals surface area contributed by atoms with Gasteiger partial charge in [-0.1, -0.05) is 5.16 Å². The molecule has 94 valence electrons. The quantitative estimate of drug-likeness (QED) is 0.713. The van der Waals surface area contributed by atoms with Crippen LogP contribution in [0.5, 0.6) is 0 Å². The normalized spacial score (nSPS) is 10.3. The molecule has 2 aromatic rings. The van der Waals surface area contributed by atoms with Crippen LogP contribution in [-0.2, 0) is 6.54 Å². The fraction of sp³-hybridized carbons (Fsp3) is 0.167. The third-order valence-electron chi connectivity index (χ3n) is 2.43. The molecule has 4 N–H and O–H groups in total. The van der Waals surface area contributed by atoms with Crippen LogP contribution in [0, 0.1) is 6.92 Å². The number of aromatic carboxylic acids is 1. The molecule has 1 aromatic carbocycles. The Labute approximate surface area is 103 Å². The monoisotopic (exact) mass is 247 g/mol. The summed E-state index contributed by atoms with van der Waals surface area (Å²) >= 11 is 0. The third-order valence-corrected chi connectivity index (χ3v) is 2.43. The minimum atomic E-state index is -1.05. The van der Waals surface area contributed by atoms with Gasteiger partial charge in [-0.05, 0) is 25.1 Å². The number of carboxylic acid groups (broad SMARTS) is 1. The van der Waals surface area contributed by atoms with Gasteiger partial charge in [0.1, 0.15) is 0 Å². The van der Waals surface area contributed by atoms with Crippen molar-refractivity contribution < 1.29 is 14.4 Å². The first-order chi connectivity index (χ1) is 8.56. The van der Waals surface area contributed by atoms with Crippen molar-refractivity contribution in [2.45, 2.75) is 13.5 Å². The zero-order chi connectivity index (χ0) is 13.1. The molecule has 6 heteroatoms. The van der Waals surface area contributed by atoms with E-state index in [9.17, 15) is 4.79 Å². The molecule has 0 spiro atoms. The first-order valence-electron chi connectivity index (χ1n) is 5.35. The Morgan fingerprint density at radius 3 is 2.89 bits per heavy atom. The van der Waals surface area contributed by atoms with E-state index in [1.165, 1.54) is 6.07 Å². The molecule has 0 aliphatic rings. The SMILES string of the molecule is Cc1cc(CNc2ccc(N)c(C(=O)O)c2)on1. The molecule has 1 heterocycles. The van der Waals surface area contributed by atoms with Gasteiger partial charge < -0.3 is 20.7 Å². The zero-order valence-corrected chi connectivity index (χ0v) is 9.80. The number of hydrogen-bond acceptors (Lipinski definition) is 5. The zero-order valence-electron chi connectivity index (χ0n) is 9.80. The first kappa shape index (κ1) is 12.0. The van der Waals surface area contributed by atoms with E-state index < -0.39 is 5.97 Å². The molecule has 0 amide bonds. The van der Waals surface area contributed by atoms with E-state index in [1.807, 2.05) is 13.0 Å². The highest BCUT2D eigenvalue weighted by molar-refractivity contribution is 5.94. The molecule has 0 fully saturated rings. The van der Waals surface area contributed by atoms with Gasteiger partial charge in [-0.2, -0.15) is 0 Å². The van der Waals surface area contributed by atoms with Gasteiger partial charge >= 0.3 is 5.97 Å². The molecule has 0 saturated carbocycles. The number of benzene rings is 1. The van der Waals surface area contributed by atoms with E-state index in [0.29, 0.717) is 18.0 Å². The second kappa shape index (κ2) is 4.79. The molecular formula is C12H13N3O3. The Bertz CT molecular complexity index is 578. The van der Waals surface area contributed by atoms with Crippen molar-refractivity contribution in [3.8, 4) is 0 Å². The Balaban J connectivity index is 2.10. The van der Waals surface area contributed by atoms with Crippen LogP contribution in [0.3, 0.4) is 0 Å². The number of nitrogens with zero attached hydrogens (tertiary/aromatic N) is 1. The summed E-state index contributed by atoms with van der Waals surface area (Å²) in [6, 6.07) is 6.56. The molecule has 0 unspecified atom stereocenters. The lowest BCUT2D eigenvalue weighted by atomic mass is 10.1. The highest BCUT2D eigenvalue weighted by Crippen LogP contribution is 2.18. The van der Waals surface area contributed by atoms with Crippen molar-refractivity contribution in [3.05, 3.63) is 41.3 Å². The van der Waals surface area contributed by atoms with E-state index in [1.54, 1.807) is 12.1 Å². The average molecular weight is 247 g/mol. The molecule has 0 bridgehead atoms. The predicted molar refractivity (Wildman–Crippen MR) is 66.4 cm³/mol. The van der Waals surface area contributed by atoms with Crippen molar-refractivity contribution in [2.75, 3.05) is 11.1 Å². The van der Waals surface area contributed by atoms with E-state index in [4.69, 9.17) is 15.4 Å². The number of nitrogens with one attached hydrogen (secondary N) is 1. The van der Waals surface area contributed by atoms with Crippen molar-refractivity contribution in [1.29, 1.82) is 0 Å². The van der Waals surface area contributed by atoms with Crippen LogP contribution in [0.1, 0.15) is 21.8 Å². The van der Waals surface area contributed by atoms with Crippen molar-refractivity contribution >= 4 is 17.3 Å². The Hall–Kier alpha value is -2.50. The van der Waals surface area contributed by atoms with Crippen LogP contribution in [0.25, 0.3) is 0 Å². The predicted octanol–water partition coefficient (Wildman–Crippen LogP) is 1.88. The molecular weight excluding hydrogens is 234 g/mol. The minimum absolute atomic E-state index is 0.0775. The number of anilines is 2. The summed E-state index contributed by atoms with van der Waals surface area (Å²) in [5.74, 6) is -0.368. The average Bonchev–Trinajstić information content (AvgIpc) is 2.74. The van der Waals surface area contributed by atoms with Gasteiger partial charge in [-0.3, -0.25) is 0 Å². The van der Waals surface area contributed by atoms with Gasteiger partial charge in [0, 0.05) is 17.4 Å². The van der Waals surface area contributed by atoms with Gasteiger partial charge in [0.15, 0.2) is 5.76 Å². The molecule has 2 rings (SSSR count). The summed E-state index contributed by atoms with van der Waals surface area (Å²) in [6.45, 7) is 2.27. The van der Waals surface area contributed by atoms with Crippen molar-refractivity contribution in [2.24, 2.45) is 0 Å². The fourth-order valence-electron chi connectivity index (χ4n) is 1.54. The molecule has 6 nitrogen and oxygen atoms in total. The van der Waals surface area contributed by atoms with Crippen LogP contribution in [0.4, 0.5) is 11.4 Å². The maximum atomic E-state index is 10.9. The molecule has 18 heavy (non-hydrogen) atoms. The third kappa shape index (κ3) is 2.60. The lowest BCUT2D eigenvalue weighted by molar-refractivity contribution is 0.0698. The van der Waals surface area contributed by atoms with E-state index in [-0.39, 0.29) is 11.3 Å². The van der Waals surface area contributed by atoms with Gasteiger partial charge in [0.05, 0.1) is 17.8 Å². The maximum absolute atomic E-state index is 10.9. The first-order valence-corrected chi connectivity index (χ1v) is 5.35. The summed E-state index contributed by atoms with van der Waals surface area (Å²) in [4.78, 5) is 10.9. The summed E-state index contributed by atoms with van der Waals surface area (Å²) in [7, 11) is 0. The maximum Gasteiger partial charge on any atom is 0.337 e. The smallest absolute Gasteiger partial charge is 0.337 e. The molecule has 0 aliphatic carbocycles. The highest BCUT2D eigenvalue weighted by atomic mass is 16.5. The Kier molecular flexibility index (Phi) is 3.18. The molecule has 0 radical (unpaired) electrons.